The van der Waals surface area contributed by atoms with E-state index in [0.29, 0.717) is 0 Å². The fraction of sp³-hybridized carbons (Fsp3) is 0.0870. The lowest BCUT2D eigenvalue weighted by Crippen LogP contribution is -2.40. The van der Waals surface area contributed by atoms with Gasteiger partial charge in [0.1, 0.15) is 0 Å². The highest BCUT2D eigenvalue weighted by Crippen LogP contribution is 2.62. The second kappa shape index (κ2) is 9.82. The third-order valence-corrected chi connectivity index (χ3v) is 11.0. The molecule has 10 rings (SSSR count). The lowest BCUT2D eigenvalue weighted by molar-refractivity contribution is 0.563. The normalized spacial score (nSPS) is 14.8. The Morgan fingerprint density at radius 2 is 0.979 bits per heavy atom. The highest BCUT2D eigenvalue weighted by molar-refractivity contribution is 6.03. The average Bonchev–Trinajstić information content (AvgIpc) is 3.45. The van der Waals surface area contributed by atoms with Gasteiger partial charge in [0.15, 0.2) is 0 Å². The molecule has 226 valence electrons. The molecule has 6 aromatic carbocycles. The van der Waals surface area contributed by atoms with E-state index in [2.05, 4.69) is 164 Å². The molecule has 1 spiro atoms. The van der Waals surface area contributed by atoms with Gasteiger partial charge < -0.3 is 0 Å². The maximum Gasteiger partial charge on any atom is 0.0972 e. The number of nitrogens with zero attached hydrogens (tertiary/aromatic N) is 2. The minimum absolute atomic E-state index is 0.146. The van der Waals surface area contributed by atoms with E-state index >= 15 is 0 Å². The van der Waals surface area contributed by atoms with Crippen LogP contribution in [-0.2, 0) is 10.8 Å². The van der Waals surface area contributed by atoms with Crippen molar-refractivity contribution in [3.05, 3.63) is 191 Å². The molecule has 0 radical (unpaired) electrons. The monoisotopic (exact) mass is 612 g/mol. The number of rotatable bonds is 2. The zero-order valence-corrected chi connectivity index (χ0v) is 26.9. The molecule has 2 heteroatoms. The summed E-state index contributed by atoms with van der Waals surface area (Å²) in [5.41, 5.74) is 16.7. The summed E-state index contributed by atoms with van der Waals surface area (Å²) < 4.78 is 0. The highest BCUT2D eigenvalue weighted by atomic mass is 14.7. The van der Waals surface area contributed by atoms with Crippen LogP contribution in [0.5, 0.6) is 0 Å². The van der Waals surface area contributed by atoms with Gasteiger partial charge in [-0.15, -0.1) is 0 Å². The van der Waals surface area contributed by atoms with Crippen molar-refractivity contribution < 1.29 is 0 Å². The van der Waals surface area contributed by atoms with Crippen molar-refractivity contribution >= 4 is 21.8 Å². The van der Waals surface area contributed by atoms with Crippen LogP contribution >= 0.6 is 0 Å². The first kappa shape index (κ1) is 27.3. The van der Waals surface area contributed by atoms with E-state index in [9.17, 15) is 0 Å². The summed E-state index contributed by atoms with van der Waals surface area (Å²) >= 11 is 0. The van der Waals surface area contributed by atoms with Crippen molar-refractivity contribution in [2.45, 2.75) is 24.7 Å². The van der Waals surface area contributed by atoms with Crippen LogP contribution in [0, 0.1) is 0 Å². The Morgan fingerprint density at radius 1 is 0.417 bits per heavy atom. The summed E-state index contributed by atoms with van der Waals surface area (Å²) in [7, 11) is 0. The van der Waals surface area contributed by atoms with Crippen molar-refractivity contribution in [2.75, 3.05) is 0 Å². The maximum atomic E-state index is 5.10. The third-order valence-electron chi connectivity index (χ3n) is 11.0. The van der Waals surface area contributed by atoms with E-state index in [1.165, 1.54) is 55.6 Å². The number of hydrogen-bond donors (Lipinski definition) is 0. The molecule has 2 heterocycles. The molecular weight excluding hydrogens is 581 g/mol. The Kier molecular flexibility index (Phi) is 5.58. The molecule has 0 amide bonds. The lowest BCUT2D eigenvalue weighted by atomic mass is 9.55. The molecule has 2 aliphatic rings. The molecule has 8 aromatic rings. The highest BCUT2D eigenvalue weighted by Gasteiger charge is 2.53. The van der Waals surface area contributed by atoms with Gasteiger partial charge in [-0.05, 0) is 73.8 Å². The van der Waals surface area contributed by atoms with Gasteiger partial charge in [-0.2, -0.15) is 0 Å². The van der Waals surface area contributed by atoms with Crippen LogP contribution in [0.25, 0.3) is 55.3 Å². The first-order valence-corrected chi connectivity index (χ1v) is 16.7. The molecule has 0 aliphatic heterocycles. The lowest BCUT2D eigenvalue weighted by Gasteiger charge is -2.46. The molecule has 48 heavy (non-hydrogen) atoms. The first-order valence-electron chi connectivity index (χ1n) is 16.7. The first-order chi connectivity index (χ1) is 23.5. The number of hydrogen-bond acceptors (Lipinski definition) is 2. The predicted octanol–water partition coefficient (Wildman–Crippen LogP) is 11.1. The van der Waals surface area contributed by atoms with Gasteiger partial charge in [0.05, 0.1) is 22.1 Å². The summed E-state index contributed by atoms with van der Waals surface area (Å²) in [6.45, 7) is 4.77. The Balaban J connectivity index is 1.15. The van der Waals surface area contributed by atoms with Crippen molar-refractivity contribution in [2.24, 2.45) is 0 Å². The SMILES string of the molecule is CC1(C)c2ccccc2C2(c3ccccc3-c3ccccc32)c2cc(-c3ccc(-c4ccc5ccc6cccnc6c5n4)cc3)ccc21. The van der Waals surface area contributed by atoms with Crippen LogP contribution in [0.2, 0.25) is 0 Å². The van der Waals surface area contributed by atoms with Crippen molar-refractivity contribution in [1.82, 2.24) is 9.97 Å². The van der Waals surface area contributed by atoms with Gasteiger partial charge in [0, 0.05) is 27.9 Å². The Hall–Kier alpha value is -5.86. The van der Waals surface area contributed by atoms with Gasteiger partial charge in [0.2, 0.25) is 0 Å². The second-order valence-electron chi connectivity index (χ2n) is 13.8. The second-order valence-corrected chi connectivity index (χ2v) is 13.8. The molecule has 0 saturated carbocycles. The predicted molar refractivity (Wildman–Crippen MR) is 197 cm³/mol. The summed E-state index contributed by atoms with van der Waals surface area (Å²) in [5, 5.41) is 2.21. The van der Waals surface area contributed by atoms with E-state index in [1.807, 2.05) is 12.3 Å². The van der Waals surface area contributed by atoms with Gasteiger partial charge in [-0.1, -0.05) is 147 Å². The maximum absolute atomic E-state index is 5.10. The van der Waals surface area contributed by atoms with E-state index in [-0.39, 0.29) is 5.41 Å². The average molecular weight is 613 g/mol. The summed E-state index contributed by atoms with van der Waals surface area (Å²) in [4.78, 5) is 9.75. The van der Waals surface area contributed by atoms with Crippen LogP contribution in [-0.4, -0.2) is 9.97 Å². The largest absolute Gasteiger partial charge is 0.254 e. The van der Waals surface area contributed by atoms with Crippen molar-refractivity contribution in [3.63, 3.8) is 0 Å². The van der Waals surface area contributed by atoms with Gasteiger partial charge in [-0.25, -0.2) is 4.98 Å². The molecule has 2 aliphatic carbocycles. The molecule has 0 bridgehead atoms. The molecule has 0 saturated heterocycles. The van der Waals surface area contributed by atoms with E-state index in [0.717, 1.165) is 33.1 Å². The van der Waals surface area contributed by atoms with Crippen LogP contribution in [0.15, 0.2) is 158 Å². The molecule has 2 aromatic heterocycles. The van der Waals surface area contributed by atoms with Crippen molar-refractivity contribution in [1.29, 1.82) is 0 Å². The molecular formula is C46H32N2. The zero-order chi connectivity index (χ0) is 32.0. The number of pyridine rings is 2. The molecule has 0 N–H and O–H groups in total. The topological polar surface area (TPSA) is 25.8 Å². The minimum atomic E-state index is -0.392. The molecule has 0 unspecified atom stereocenters. The zero-order valence-electron chi connectivity index (χ0n) is 26.9. The smallest absolute Gasteiger partial charge is 0.0972 e. The van der Waals surface area contributed by atoms with E-state index in [4.69, 9.17) is 4.98 Å². The van der Waals surface area contributed by atoms with Crippen LogP contribution in [0.4, 0.5) is 0 Å². The fourth-order valence-electron chi connectivity index (χ4n) is 8.76. The van der Waals surface area contributed by atoms with Gasteiger partial charge in [0.25, 0.3) is 0 Å². The standard InChI is InChI=1S/C46H32N2/c1-45(2)38-15-7-8-16-40(38)46(36-13-5-3-11-34(36)35-12-4-6-14-37(35)46)41-28-33(23-25-39(41)45)29-17-19-30(20-18-29)42-26-24-32-22-21-31-10-9-27-47-43(31)44(32)48-42/h3-28H,1-2H3. The number of fused-ring (bicyclic) bond motifs is 12. The van der Waals surface area contributed by atoms with Gasteiger partial charge >= 0.3 is 0 Å². The van der Waals surface area contributed by atoms with Crippen molar-refractivity contribution in [3.8, 4) is 33.5 Å². The van der Waals surface area contributed by atoms with Crippen LogP contribution in [0.3, 0.4) is 0 Å². The van der Waals surface area contributed by atoms with Gasteiger partial charge in [-0.3, -0.25) is 4.98 Å². The third kappa shape index (κ3) is 3.58. The fourth-order valence-corrected chi connectivity index (χ4v) is 8.76. The Labute approximate surface area is 280 Å². The number of aromatic nitrogens is 2. The minimum Gasteiger partial charge on any atom is -0.254 e. The summed E-state index contributed by atoms with van der Waals surface area (Å²) in [6.07, 6.45) is 1.84. The van der Waals surface area contributed by atoms with Crippen LogP contribution < -0.4 is 0 Å². The van der Waals surface area contributed by atoms with E-state index < -0.39 is 5.41 Å². The molecule has 0 atom stereocenters. The molecule has 0 fully saturated rings. The quantitative estimate of drug-likeness (QED) is 0.182. The Morgan fingerprint density at radius 3 is 1.71 bits per heavy atom. The van der Waals surface area contributed by atoms with Crippen LogP contribution in [0.1, 0.15) is 47.2 Å². The number of benzene rings is 6. The summed E-state index contributed by atoms with van der Waals surface area (Å²) in [6, 6.07) is 55.9. The van der Waals surface area contributed by atoms with E-state index in [1.54, 1.807) is 0 Å². The summed E-state index contributed by atoms with van der Waals surface area (Å²) in [5.74, 6) is 0. The Bertz CT molecular complexity index is 2550. The molecule has 2 nitrogen and oxygen atoms in total.